The molecule has 0 saturated heterocycles. The summed E-state index contributed by atoms with van der Waals surface area (Å²) in [6, 6.07) is 18.4. The molecule has 0 aliphatic carbocycles. The maximum atomic E-state index is 12.8. The summed E-state index contributed by atoms with van der Waals surface area (Å²) < 4.78 is 11.1. The van der Waals surface area contributed by atoms with E-state index in [0.717, 1.165) is 27.9 Å². The van der Waals surface area contributed by atoms with E-state index in [4.69, 9.17) is 20.2 Å². The number of hydrogen-bond acceptors (Lipinski definition) is 6. The Morgan fingerprint density at radius 1 is 1.03 bits per heavy atom. The third-order valence-electron chi connectivity index (χ3n) is 5.30. The van der Waals surface area contributed by atoms with E-state index in [2.05, 4.69) is 19.2 Å². The Balaban J connectivity index is 2.05. The van der Waals surface area contributed by atoms with Crippen LogP contribution in [0.5, 0.6) is 5.88 Å². The van der Waals surface area contributed by atoms with Crippen molar-refractivity contribution in [3.8, 4) is 17.0 Å². The van der Waals surface area contributed by atoms with Gasteiger partial charge in [-0.05, 0) is 61.9 Å². The highest BCUT2D eigenvalue weighted by Crippen LogP contribution is 2.31. The first-order chi connectivity index (χ1) is 17.1. The van der Waals surface area contributed by atoms with E-state index in [9.17, 15) is 9.59 Å². The number of nitrogens with two attached hydrogens (primary N) is 1. The molecule has 0 atom stereocenters. The fourth-order valence-electron chi connectivity index (χ4n) is 3.68. The fraction of sp³-hybridized carbons (Fsp3) is 0.345. The first-order valence-corrected chi connectivity index (χ1v) is 12.1. The minimum absolute atomic E-state index is 0.207. The number of nitrogens with one attached hydrogen (secondary N) is 1. The van der Waals surface area contributed by atoms with Crippen LogP contribution in [0.1, 0.15) is 61.8 Å². The maximum absolute atomic E-state index is 12.8. The number of pyridine rings is 1. The number of ether oxygens (including phenoxy) is 2. The zero-order valence-electron chi connectivity index (χ0n) is 21.6. The summed E-state index contributed by atoms with van der Waals surface area (Å²) in [7, 11) is 0. The summed E-state index contributed by atoms with van der Waals surface area (Å²) in [5.74, 6) is 0.00592. The number of alkyl carbamates (subject to hydrolysis) is 1. The smallest absolute Gasteiger partial charge is 0.407 e. The van der Waals surface area contributed by atoms with E-state index in [-0.39, 0.29) is 18.3 Å². The minimum Gasteiger partial charge on any atom is -0.444 e. The van der Waals surface area contributed by atoms with Gasteiger partial charge in [0, 0.05) is 24.7 Å². The van der Waals surface area contributed by atoms with E-state index in [0.29, 0.717) is 18.5 Å². The molecule has 1 amide bonds. The van der Waals surface area contributed by atoms with E-state index in [1.54, 1.807) is 30.3 Å². The molecule has 3 N–H and O–H groups in total. The Bertz CT molecular complexity index is 1180. The summed E-state index contributed by atoms with van der Waals surface area (Å²) in [5.41, 5.74) is 9.92. The number of rotatable bonds is 8. The minimum atomic E-state index is -0.612. The van der Waals surface area contributed by atoms with Crippen LogP contribution in [0.25, 0.3) is 11.1 Å². The second-order valence-corrected chi connectivity index (χ2v) is 10.0. The van der Waals surface area contributed by atoms with Crippen molar-refractivity contribution in [1.29, 1.82) is 0 Å². The number of amides is 1. The molecule has 3 aromatic rings. The first kappa shape index (κ1) is 26.9. The number of aromatic nitrogens is 1. The molecule has 0 fully saturated rings. The predicted molar refractivity (Wildman–Crippen MR) is 141 cm³/mol. The van der Waals surface area contributed by atoms with Crippen LogP contribution in [-0.4, -0.2) is 22.6 Å². The monoisotopic (exact) mass is 489 g/mol. The Kier molecular flexibility index (Phi) is 8.83. The molecule has 1 heterocycles. The highest BCUT2D eigenvalue weighted by atomic mass is 16.6. The second-order valence-electron chi connectivity index (χ2n) is 10.0. The average Bonchev–Trinajstić information content (AvgIpc) is 2.82. The van der Waals surface area contributed by atoms with Crippen LogP contribution in [0.2, 0.25) is 0 Å². The lowest BCUT2D eigenvalue weighted by Gasteiger charge is -2.21. The van der Waals surface area contributed by atoms with E-state index in [1.807, 2.05) is 51.1 Å². The third kappa shape index (κ3) is 7.65. The van der Waals surface area contributed by atoms with Gasteiger partial charge in [-0.15, -0.1) is 0 Å². The van der Waals surface area contributed by atoms with Gasteiger partial charge in [-0.25, -0.2) is 14.6 Å². The van der Waals surface area contributed by atoms with Crippen LogP contribution >= 0.6 is 0 Å². The number of esters is 1. The highest BCUT2D eigenvalue weighted by molar-refractivity contribution is 5.91. The quantitative estimate of drug-likeness (QED) is 0.396. The number of benzene rings is 2. The van der Waals surface area contributed by atoms with E-state index >= 15 is 0 Å². The maximum Gasteiger partial charge on any atom is 0.407 e. The van der Waals surface area contributed by atoms with Crippen LogP contribution in [0, 0.1) is 5.92 Å². The third-order valence-corrected chi connectivity index (χ3v) is 5.30. The van der Waals surface area contributed by atoms with Gasteiger partial charge < -0.3 is 20.5 Å². The van der Waals surface area contributed by atoms with Gasteiger partial charge in [-0.1, -0.05) is 56.3 Å². The molecule has 2 aromatic carbocycles. The highest BCUT2D eigenvalue weighted by Gasteiger charge is 2.21. The normalized spacial score (nSPS) is 11.3. The SMILES string of the molecule is CC(C)Cc1nc(OC(=O)c2ccccc2)cc(-c2ccc(CN)cc2)c1CNC(=O)OC(C)(C)C. The second kappa shape index (κ2) is 11.8. The zero-order valence-corrected chi connectivity index (χ0v) is 21.6. The fourth-order valence-corrected chi connectivity index (χ4v) is 3.68. The van der Waals surface area contributed by atoms with Gasteiger partial charge in [-0.2, -0.15) is 0 Å². The number of carbonyl (C=O) groups excluding carboxylic acids is 2. The molecule has 7 nitrogen and oxygen atoms in total. The number of hydrogen-bond donors (Lipinski definition) is 2. The van der Waals surface area contributed by atoms with Gasteiger partial charge in [0.05, 0.1) is 11.3 Å². The molecule has 1 aromatic heterocycles. The number of carbonyl (C=O) groups is 2. The summed E-state index contributed by atoms with van der Waals surface area (Å²) in [6.07, 6.45) is 0.123. The molecule has 36 heavy (non-hydrogen) atoms. The molecule has 0 bridgehead atoms. The molecule has 7 heteroatoms. The van der Waals surface area contributed by atoms with Crippen LogP contribution in [0.15, 0.2) is 60.7 Å². The molecule has 0 aliphatic rings. The van der Waals surface area contributed by atoms with Crippen molar-refractivity contribution in [2.75, 3.05) is 0 Å². The van der Waals surface area contributed by atoms with E-state index < -0.39 is 17.7 Å². The first-order valence-electron chi connectivity index (χ1n) is 12.1. The molecular weight excluding hydrogens is 454 g/mol. The predicted octanol–water partition coefficient (Wildman–Crippen LogP) is 5.65. The van der Waals surface area contributed by atoms with Crippen molar-refractivity contribution in [2.45, 2.75) is 59.7 Å². The van der Waals surface area contributed by atoms with Gasteiger partial charge in [0.1, 0.15) is 5.60 Å². The van der Waals surface area contributed by atoms with Crippen molar-refractivity contribution < 1.29 is 19.1 Å². The van der Waals surface area contributed by atoms with Crippen LogP contribution < -0.4 is 15.8 Å². The van der Waals surface area contributed by atoms with Gasteiger partial charge in [0.2, 0.25) is 5.88 Å². The molecule has 0 aliphatic heterocycles. The summed E-state index contributed by atoms with van der Waals surface area (Å²) in [4.78, 5) is 29.9. The lowest BCUT2D eigenvalue weighted by molar-refractivity contribution is 0.0523. The molecule has 0 saturated carbocycles. The van der Waals surface area contributed by atoms with Crippen molar-refractivity contribution in [2.24, 2.45) is 11.7 Å². The molecule has 0 spiro atoms. The molecule has 3 rings (SSSR count). The van der Waals surface area contributed by atoms with Gasteiger partial charge in [0.25, 0.3) is 0 Å². The number of nitrogens with zero attached hydrogens (tertiary/aromatic N) is 1. The summed E-state index contributed by atoms with van der Waals surface area (Å²) in [6.45, 7) is 10.3. The molecule has 190 valence electrons. The topological polar surface area (TPSA) is 104 Å². The molecule has 0 radical (unpaired) electrons. The zero-order chi connectivity index (χ0) is 26.3. The van der Waals surface area contributed by atoms with Crippen molar-refractivity contribution in [1.82, 2.24) is 10.3 Å². The van der Waals surface area contributed by atoms with Crippen LogP contribution in [-0.2, 0) is 24.2 Å². The van der Waals surface area contributed by atoms with Gasteiger partial charge in [0.15, 0.2) is 0 Å². The Labute approximate surface area is 213 Å². The lowest BCUT2D eigenvalue weighted by atomic mass is 9.94. The summed E-state index contributed by atoms with van der Waals surface area (Å²) >= 11 is 0. The summed E-state index contributed by atoms with van der Waals surface area (Å²) in [5, 5.41) is 2.86. The van der Waals surface area contributed by atoms with Gasteiger partial charge in [-0.3, -0.25) is 0 Å². The molecule has 0 unspecified atom stereocenters. The van der Waals surface area contributed by atoms with E-state index in [1.165, 1.54) is 0 Å². The van der Waals surface area contributed by atoms with Crippen LogP contribution in [0.3, 0.4) is 0 Å². The Morgan fingerprint density at radius 3 is 2.28 bits per heavy atom. The average molecular weight is 490 g/mol. The van der Waals surface area contributed by atoms with Gasteiger partial charge >= 0.3 is 12.1 Å². The Hall–Kier alpha value is -3.71. The standard InChI is InChI=1S/C29H35N3O4/c1-19(2)15-25-24(18-31-28(34)36-29(3,4)5)23(21-13-11-20(17-30)12-14-21)16-26(32-25)35-27(33)22-9-7-6-8-10-22/h6-14,16,19H,15,17-18,30H2,1-5H3,(H,31,34). The molecular formula is C29H35N3O4. The van der Waals surface area contributed by atoms with Crippen LogP contribution in [0.4, 0.5) is 4.79 Å². The lowest BCUT2D eigenvalue weighted by Crippen LogP contribution is -2.32. The van der Waals surface area contributed by atoms with Crippen molar-refractivity contribution in [3.05, 3.63) is 83.0 Å². The largest absolute Gasteiger partial charge is 0.444 e. The Morgan fingerprint density at radius 2 is 1.69 bits per heavy atom. The van der Waals surface area contributed by atoms with Crippen molar-refractivity contribution in [3.63, 3.8) is 0 Å². The van der Waals surface area contributed by atoms with Crippen molar-refractivity contribution >= 4 is 12.1 Å².